The van der Waals surface area contributed by atoms with Crippen molar-refractivity contribution in [1.82, 2.24) is 10.2 Å². The second kappa shape index (κ2) is 7.31. The molecule has 0 fully saturated rings. The molecule has 0 radical (unpaired) electrons. The summed E-state index contributed by atoms with van der Waals surface area (Å²) in [7, 11) is 0. The highest BCUT2D eigenvalue weighted by atomic mass is 79.9. The second-order valence-corrected chi connectivity index (χ2v) is 5.72. The van der Waals surface area contributed by atoms with Crippen LogP contribution in [0.1, 0.15) is 11.5 Å². The van der Waals surface area contributed by atoms with E-state index in [9.17, 15) is 4.79 Å². The Morgan fingerprint density at radius 2 is 2.17 bits per heavy atom. The molecule has 0 bridgehead atoms. The maximum absolute atomic E-state index is 11.7. The van der Waals surface area contributed by atoms with Crippen LogP contribution in [0.5, 0.6) is 5.75 Å². The van der Waals surface area contributed by atoms with Gasteiger partial charge in [0, 0.05) is 0 Å². The van der Waals surface area contributed by atoms with Gasteiger partial charge in [-0.1, -0.05) is 6.07 Å². The van der Waals surface area contributed by atoms with E-state index in [0.717, 1.165) is 10.0 Å². The van der Waals surface area contributed by atoms with Crippen molar-refractivity contribution in [2.24, 2.45) is 0 Å². The Balaban J connectivity index is 1.49. The number of halogens is 1. The molecular weight excluding hydrogens is 380 g/mol. The molecule has 0 aliphatic rings. The number of carbonyl (C=O) groups is 1. The first-order valence-corrected chi connectivity index (χ1v) is 7.82. The van der Waals surface area contributed by atoms with Crippen molar-refractivity contribution in [2.45, 2.75) is 13.5 Å². The van der Waals surface area contributed by atoms with Gasteiger partial charge < -0.3 is 18.3 Å². The number of benzene rings is 1. The van der Waals surface area contributed by atoms with Crippen LogP contribution in [-0.4, -0.2) is 22.8 Å². The minimum absolute atomic E-state index is 0.134. The van der Waals surface area contributed by atoms with Crippen LogP contribution in [0, 0.1) is 6.92 Å². The standard InChI is InChI=1S/C16H13BrN2O5/c1-10-4-5-12(11(17)7-10)22-9-15(20)23-8-14-18-19-16(24-14)13-3-2-6-21-13/h2-7H,8-9H2,1H3. The highest BCUT2D eigenvalue weighted by Crippen LogP contribution is 2.25. The van der Waals surface area contributed by atoms with Gasteiger partial charge in [0.15, 0.2) is 19.0 Å². The first-order valence-electron chi connectivity index (χ1n) is 7.02. The maximum atomic E-state index is 11.7. The first kappa shape index (κ1) is 16.3. The zero-order valence-corrected chi connectivity index (χ0v) is 14.3. The predicted octanol–water partition coefficient (Wildman–Crippen LogP) is 3.52. The van der Waals surface area contributed by atoms with E-state index < -0.39 is 5.97 Å². The molecule has 0 atom stereocenters. The van der Waals surface area contributed by atoms with Crippen molar-refractivity contribution in [3.63, 3.8) is 0 Å². The predicted molar refractivity (Wildman–Crippen MR) is 86.2 cm³/mol. The Morgan fingerprint density at radius 1 is 1.29 bits per heavy atom. The molecule has 0 aliphatic carbocycles. The lowest BCUT2D eigenvalue weighted by atomic mass is 10.2. The lowest BCUT2D eigenvalue weighted by molar-refractivity contribution is -0.148. The van der Waals surface area contributed by atoms with Crippen LogP contribution in [0.25, 0.3) is 11.7 Å². The maximum Gasteiger partial charge on any atom is 0.344 e. The van der Waals surface area contributed by atoms with E-state index in [4.69, 9.17) is 18.3 Å². The van der Waals surface area contributed by atoms with E-state index in [1.54, 1.807) is 18.2 Å². The molecule has 3 rings (SSSR count). The third-order valence-electron chi connectivity index (χ3n) is 2.99. The van der Waals surface area contributed by atoms with Gasteiger partial charge in [-0.25, -0.2) is 4.79 Å². The quantitative estimate of drug-likeness (QED) is 0.592. The molecule has 0 saturated heterocycles. The van der Waals surface area contributed by atoms with Gasteiger partial charge in [-0.05, 0) is 52.7 Å². The van der Waals surface area contributed by atoms with Gasteiger partial charge in [0.2, 0.25) is 0 Å². The molecule has 0 unspecified atom stereocenters. The molecule has 0 amide bonds. The number of ether oxygens (including phenoxy) is 2. The van der Waals surface area contributed by atoms with Gasteiger partial charge in [-0.3, -0.25) is 0 Å². The summed E-state index contributed by atoms with van der Waals surface area (Å²) in [5.41, 5.74) is 1.08. The van der Waals surface area contributed by atoms with Crippen molar-refractivity contribution in [3.8, 4) is 17.4 Å². The van der Waals surface area contributed by atoms with Crippen molar-refractivity contribution in [2.75, 3.05) is 6.61 Å². The minimum atomic E-state index is -0.541. The molecule has 124 valence electrons. The van der Waals surface area contributed by atoms with Crippen LogP contribution >= 0.6 is 15.9 Å². The van der Waals surface area contributed by atoms with E-state index >= 15 is 0 Å². The number of aromatic nitrogens is 2. The Morgan fingerprint density at radius 3 is 2.92 bits per heavy atom. The highest BCUT2D eigenvalue weighted by Gasteiger charge is 2.13. The van der Waals surface area contributed by atoms with Gasteiger partial charge in [0.25, 0.3) is 11.8 Å². The van der Waals surface area contributed by atoms with E-state index in [2.05, 4.69) is 26.1 Å². The van der Waals surface area contributed by atoms with E-state index in [1.165, 1.54) is 6.26 Å². The Hall–Kier alpha value is -2.61. The molecule has 8 heteroatoms. The zero-order valence-electron chi connectivity index (χ0n) is 12.7. The average Bonchev–Trinajstić information content (AvgIpc) is 3.23. The highest BCUT2D eigenvalue weighted by molar-refractivity contribution is 9.10. The normalized spacial score (nSPS) is 10.6. The molecule has 0 spiro atoms. The van der Waals surface area contributed by atoms with Crippen molar-refractivity contribution in [3.05, 3.63) is 52.5 Å². The Bertz CT molecular complexity index is 829. The number of hydrogen-bond acceptors (Lipinski definition) is 7. The monoisotopic (exact) mass is 392 g/mol. The number of rotatable bonds is 6. The van der Waals surface area contributed by atoms with Crippen LogP contribution in [0.2, 0.25) is 0 Å². The summed E-state index contributed by atoms with van der Waals surface area (Å²) in [6.45, 7) is 1.61. The SMILES string of the molecule is Cc1ccc(OCC(=O)OCc2nnc(-c3ccco3)o2)c(Br)c1. The lowest BCUT2D eigenvalue weighted by Crippen LogP contribution is -2.15. The molecule has 0 aliphatic heterocycles. The molecule has 24 heavy (non-hydrogen) atoms. The van der Waals surface area contributed by atoms with Gasteiger partial charge in [-0.15, -0.1) is 10.2 Å². The number of furan rings is 1. The summed E-state index contributed by atoms with van der Waals surface area (Å²) in [5.74, 6) is 0.875. The summed E-state index contributed by atoms with van der Waals surface area (Å²) < 4.78 is 21.7. The van der Waals surface area contributed by atoms with Crippen LogP contribution in [0.4, 0.5) is 0 Å². The molecular formula is C16H13BrN2O5. The fourth-order valence-corrected chi connectivity index (χ4v) is 2.46. The fourth-order valence-electron chi connectivity index (χ4n) is 1.86. The number of nitrogens with zero attached hydrogens (tertiary/aromatic N) is 2. The molecule has 2 aromatic heterocycles. The van der Waals surface area contributed by atoms with Gasteiger partial charge in [-0.2, -0.15) is 0 Å². The van der Waals surface area contributed by atoms with Crippen molar-refractivity contribution >= 4 is 21.9 Å². The number of esters is 1. The summed E-state index contributed by atoms with van der Waals surface area (Å²) in [4.78, 5) is 11.7. The van der Waals surface area contributed by atoms with Crippen LogP contribution in [0.3, 0.4) is 0 Å². The smallest absolute Gasteiger partial charge is 0.344 e. The lowest BCUT2D eigenvalue weighted by Gasteiger charge is -2.08. The van der Waals surface area contributed by atoms with Crippen LogP contribution < -0.4 is 4.74 Å². The third kappa shape index (κ3) is 4.02. The molecule has 2 heterocycles. The number of hydrogen-bond donors (Lipinski definition) is 0. The molecule has 0 saturated carbocycles. The van der Waals surface area contributed by atoms with Crippen LogP contribution in [0.15, 0.2) is 49.9 Å². The summed E-state index contributed by atoms with van der Waals surface area (Å²) in [5, 5.41) is 7.59. The Labute approximate surface area is 145 Å². The first-order chi connectivity index (χ1) is 11.6. The molecule has 0 N–H and O–H groups in total. The fraction of sp³-hybridized carbons (Fsp3) is 0.188. The van der Waals surface area contributed by atoms with Crippen LogP contribution in [-0.2, 0) is 16.1 Å². The second-order valence-electron chi connectivity index (χ2n) is 4.86. The largest absolute Gasteiger partial charge is 0.481 e. The van der Waals surface area contributed by atoms with E-state index in [0.29, 0.717) is 11.5 Å². The number of carbonyl (C=O) groups excluding carboxylic acids is 1. The Kier molecular flexibility index (Phi) is 4.95. The van der Waals surface area contributed by atoms with Crippen molar-refractivity contribution < 1.29 is 23.1 Å². The molecule has 1 aromatic carbocycles. The zero-order chi connectivity index (χ0) is 16.9. The topological polar surface area (TPSA) is 87.6 Å². The van der Waals surface area contributed by atoms with Gasteiger partial charge in [0.1, 0.15) is 5.75 Å². The summed E-state index contributed by atoms with van der Waals surface area (Å²) >= 11 is 3.38. The molecule has 3 aromatic rings. The van der Waals surface area contributed by atoms with Gasteiger partial charge >= 0.3 is 5.97 Å². The van der Waals surface area contributed by atoms with E-state index in [1.807, 2.05) is 19.1 Å². The minimum Gasteiger partial charge on any atom is -0.481 e. The third-order valence-corrected chi connectivity index (χ3v) is 3.61. The van der Waals surface area contributed by atoms with Crippen molar-refractivity contribution in [1.29, 1.82) is 0 Å². The number of aryl methyl sites for hydroxylation is 1. The summed E-state index contributed by atoms with van der Waals surface area (Å²) in [6.07, 6.45) is 1.50. The van der Waals surface area contributed by atoms with E-state index in [-0.39, 0.29) is 25.0 Å². The summed E-state index contributed by atoms with van der Waals surface area (Å²) in [6, 6.07) is 8.96. The van der Waals surface area contributed by atoms with Gasteiger partial charge in [0.05, 0.1) is 10.7 Å². The average molecular weight is 393 g/mol. The molecule has 7 nitrogen and oxygen atoms in total.